The number of nitrogens with zero attached hydrogens (tertiary/aromatic N) is 1. The molecule has 0 bridgehead atoms. The van der Waals surface area contributed by atoms with Crippen LogP contribution in [-0.2, 0) is 11.8 Å². The average Bonchev–Trinajstić information content (AvgIpc) is 2.94. The molecular formula is C26H30F2N2. The summed E-state index contributed by atoms with van der Waals surface area (Å²) in [6.07, 6.45) is 3.65. The Kier molecular flexibility index (Phi) is 5.54. The highest BCUT2D eigenvalue weighted by atomic mass is 19.1. The maximum absolute atomic E-state index is 14.2. The van der Waals surface area contributed by atoms with Crippen LogP contribution in [0.25, 0.3) is 5.57 Å². The largest absolute Gasteiger partial charge is 0.358 e. The van der Waals surface area contributed by atoms with Gasteiger partial charge in [0.2, 0.25) is 0 Å². The number of hydrogen-bond acceptors (Lipinski definition) is 2. The predicted molar refractivity (Wildman–Crippen MR) is 121 cm³/mol. The summed E-state index contributed by atoms with van der Waals surface area (Å²) in [6, 6.07) is 9.50. The summed E-state index contributed by atoms with van der Waals surface area (Å²) in [6.45, 7) is 14.7. The van der Waals surface area contributed by atoms with Gasteiger partial charge in [-0.25, -0.2) is 8.78 Å². The molecule has 2 aliphatic heterocycles. The molecule has 0 radical (unpaired) electrons. The monoisotopic (exact) mass is 408 g/mol. The van der Waals surface area contributed by atoms with E-state index in [9.17, 15) is 8.78 Å². The second kappa shape index (κ2) is 7.99. The summed E-state index contributed by atoms with van der Waals surface area (Å²) in [5.41, 5.74) is 6.14. The average molecular weight is 409 g/mol. The van der Waals surface area contributed by atoms with Gasteiger partial charge in [-0.3, -0.25) is 0 Å². The Morgan fingerprint density at radius 3 is 2.43 bits per heavy atom. The number of piperidine rings is 1. The molecule has 2 aromatic carbocycles. The van der Waals surface area contributed by atoms with Gasteiger partial charge >= 0.3 is 0 Å². The van der Waals surface area contributed by atoms with Crippen LogP contribution in [-0.4, -0.2) is 24.5 Å². The smallest absolute Gasteiger partial charge is 0.133 e. The van der Waals surface area contributed by atoms with E-state index < -0.39 is 11.6 Å². The quantitative estimate of drug-likeness (QED) is 0.632. The summed E-state index contributed by atoms with van der Waals surface area (Å²) in [4.78, 5) is 2.46. The molecule has 1 fully saturated rings. The van der Waals surface area contributed by atoms with Crippen molar-refractivity contribution in [3.63, 3.8) is 0 Å². The van der Waals surface area contributed by atoms with Crippen molar-refractivity contribution in [3.8, 4) is 0 Å². The molecule has 0 amide bonds. The van der Waals surface area contributed by atoms with Crippen molar-refractivity contribution in [1.29, 1.82) is 0 Å². The standard InChI is InChI=1S/C26H30F2N2/c1-17(2)25-22(27)15-20(16-23(25)28)6-5-11-30-12-9-26(10-13-30)19(4)29-24-8-7-18(3)14-21(24)26/h7-8,14-16,29H,1,4-6,9-13H2,2-3H3. The Balaban J connectivity index is 1.35. The number of anilines is 1. The highest BCUT2D eigenvalue weighted by molar-refractivity contribution is 5.69. The molecule has 1 N–H and O–H groups in total. The maximum atomic E-state index is 14.2. The minimum absolute atomic E-state index is 0.000925. The summed E-state index contributed by atoms with van der Waals surface area (Å²) < 4.78 is 28.3. The molecule has 0 saturated carbocycles. The minimum Gasteiger partial charge on any atom is -0.358 e. The number of benzene rings is 2. The number of likely N-dealkylation sites (tertiary alicyclic amines) is 1. The molecule has 158 valence electrons. The van der Waals surface area contributed by atoms with Gasteiger partial charge in [0, 0.05) is 22.4 Å². The van der Waals surface area contributed by atoms with Crippen LogP contribution in [0.15, 0.2) is 49.2 Å². The Bertz CT molecular complexity index is 977. The molecule has 2 heterocycles. The number of aryl methyl sites for hydroxylation is 2. The zero-order valence-electron chi connectivity index (χ0n) is 18.0. The Morgan fingerprint density at radius 2 is 1.80 bits per heavy atom. The van der Waals surface area contributed by atoms with E-state index in [1.165, 1.54) is 28.9 Å². The summed E-state index contributed by atoms with van der Waals surface area (Å²) in [7, 11) is 0. The van der Waals surface area contributed by atoms with Gasteiger partial charge in [-0.1, -0.05) is 30.9 Å². The highest BCUT2D eigenvalue weighted by Crippen LogP contribution is 2.49. The molecule has 2 aromatic rings. The fourth-order valence-corrected chi connectivity index (χ4v) is 5.02. The molecule has 4 rings (SSSR count). The predicted octanol–water partition coefficient (Wildman–Crippen LogP) is 6.21. The van der Waals surface area contributed by atoms with Gasteiger partial charge in [0.05, 0.1) is 0 Å². The van der Waals surface area contributed by atoms with Crippen molar-refractivity contribution in [1.82, 2.24) is 4.90 Å². The fraction of sp³-hybridized carbons (Fsp3) is 0.385. The normalized spacial score (nSPS) is 17.8. The third-order valence-corrected chi connectivity index (χ3v) is 6.73. The first-order valence-corrected chi connectivity index (χ1v) is 10.7. The molecule has 4 heteroatoms. The number of fused-ring (bicyclic) bond motifs is 2. The van der Waals surface area contributed by atoms with E-state index in [-0.39, 0.29) is 11.0 Å². The lowest BCUT2D eigenvalue weighted by atomic mass is 9.72. The zero-order chi connectivity index (χ0) is 21.5. The van der Waals surface area contributed by atoms with Crippen LogP contribution in [0.5, 0.6) is 0 Å². The highest BCUT2D eigenvalue weighted by Gasteiger charge is 2.44. The lowest BCUT2D eigenvalue weighted by Gasteiger charge is -2.40. The topological polar surface area (TPSA) is 15.3 Å². The van der Waals surface area contributed by atoms with Gasteiger partial charge < -0.3 is 10.2 Å². The van der Waals surface area contributed by atoms with Crippen molar-refractivity contribution >= 4 is 11.3 Å². The van der Waals surface area contributed by atoms with Gasteiger partial charge in [-0.15, -0.1) is 0 Å². The summed E-state index contributed by atoms with van der Waals surface area (Å²) in [5, 5.41) is 3.50. The van der Waals surface area contributed by atoms with Crippen molar-refractivity contribution in [2.24, 2.45) is 0 Å². The van der Waals surface area contributed by atoms with Crippen molar-refractivity contribution in [3.05, 3.63) is 83.1 Å². The number of hydrogen-bond donors (Lipinski definition) is 1. The summed E-state index contributed by atoms with van der Waals surface area (Å²) >= 11 is 0. The molecule has 0 unspecified atom stereocenters. The van der Waals surface area contributed by atoms with Crippen LogP contribution in [0.2, 0.25) is 0 Å². The molecule has 2 nitrogen and oxygen atoms in total. The van der Waals surface area contributed by atoms with Crippen molar-refractivity contribution in [2.45, 2.75) is 44.9 Å². The van der Waals surface area contributed by atoms with E-state index in [0.29, 0.717) is 17.6 Å². The zero-order valence-corrected chi connectivity index (χ0v) is 18.0. The Hall–Kier alpha value is -2.46. The van der Waals surface area contributed by atoms with Gasteiger partial charge in [0.15, 0.2) is 0 Å². The molecule has 1 saturated heterocycles. The van der Waals surface area contributed by atoms with E-state index in [2.05, 4.69) is 48.5 Å². The van der Waals surface area contributed by atoms with Gasteiger partial charge in [-0.2, -0.15) is 0 Å². The van der Waals surface area contributed by atoms with E-state index >= 15 is 0 Å². The Morgan fingerprint density at radius 1 is 1.13 bits per heavy atom. The number of nitrogens with one attached hydrogen (secondary N) is 1. The fourth-order valence-electron chi connectivity index (χ4n) is 5.02. The third kappa shape index (κ3) is 3.69. The first kappa shape index (κ1) is 20.8. The van der Waals surface area contributed by atoms with E-state index in [0.717, 1.165) is 44.6 Å². The van der Waals surface area contributed by atoms with Crippen LogP contribution >= 0.6 is 0 Å². The van der Waals surface area contributed by atoms with Crippen LogP contribution in [0, 0.1) is 18.6 Å². The van der Waals surface area contributed by atoms with Crippen LogP contribution in [0.3, 0.4) is 0 Å². The third-order valence-electron chi connectivity index (χ3n) is 6.73. The SMILES string of the molecule is C=C(C)c1c(F)cc(CCCN2CCC3(CC2)C(=C)Nc2ccc(C)cc23)cc1F. The number of allylic oxidation sites excluding steroid dienone is 2. The summed E-state index contributed by atoms with van der Waals surface area (Å²) in [5.74, 6) is -1.03. The van der Waals surface area contributed by atoms with Crippen LogP contribution < -0.4 is 5.32 Å². The van der Waals surface area contributed by atoms with E-state index in [4.69, 9.17) is 0 Å². The van der Waals surface area contributed by atoms with E-state index in [1.807, 2.05) is 0 Å². The first-order chi connectivity index (χ1) is 14.3. The maximum Gasteiger partial charge on any atom is 0.133 e. The molecule has 0 atom stereocenters. The molecule has 30 heavy (non-hydrogen) atoms. The van der Waals surface area contributed by atoms with Gasteiger partial charge in [0.25, 0.3) is 0 Å². The van der Waals surface area contributed by atoms with Crippen molar-refractivity contribution in [2.75, 3.05) is 25.0 Å². The van der Waals surface area contributed by atoms with Crippen LogP contribution in [0.1, 0.15) is 48.4 Å². The van der Waals surface area contributed by atoms with Crippen molar-refractivity contribution < 1.29 is 8.78 Å². The Labute approximate surface area is 178 Å². The second-order valence-corrected chi connectivity index (χ2v) is 8.89. The molecule has 0 aromatic heterocycles. The molecule has 1 spiro atoms. The minimum atomic E-state index is -0.515. The van der Waals surface area contributed by atoms with Gasteiger partial charge in [-0.05, 0) is 94.1 Å². The molecular weight excluding hydrogens is 378 g/mol. The molecule has 0 aliphatic carbocycles. The lowest BCUT2D eigenvalue weighted by molar-refractivity contribution is 0.179. The van der Waals surface area contributed by atoms with Crippen LogP contribution in [0.4, 0.5) is 14.5 Å². The number of rotatable bonds is 5. The van der Waals surface area contributed by atoms with E-state index in [1.54, 1.807) is 6.92 Å². The molecule has 2 aliphatic rings. The number of halogens is 2. The lowest BCUT2D eigenvalue weighted by Crippen LogP contribution is -2.43. The van der Waals surface area contributed by atoms with Gasteiger partial charge in [0.1, 0.15) is 11.6 Å². The first-order valence-electron chi connectivity index (χ1n) is 10.7. The second-order valence-electron chi connectivity index (χ2n) is 8.89.